The van der Waals surface area contributed by atoms with Gasteiger partial charge in [0.2, 0.25) is 11.8 Å². The van der Waals surface area contributed by atoms with Crippen molar-refractivity contribution in [1.29, 1.82) is 0 Å². The minimum atomic E-state index is -1.65. The second kappa shape index (κ2) is 6.77. The predicted octanol–water partition coefficient (Wildman–Crippen LogP) is 0.650. The number of carboxylic acid groups (broad SMARTS) is 1. The lowest BCUT2D eigenvalue weighted by atomic mass is 9.76. The number of hydrogen-bond acceptors (Lipinski definition) is 8. The number of imide groups is 1. The van der Waals surface area contributed by atoms with E-state index in [-0.39, 0.29) is 11.3 Å². The lowest BCUT2D eigenvalue weighted by molar-refractivity contribution is -0.226. The van der Waals surface area contributed by atoms with Gasteiger partial charge in [-0.1, -0.05) is 12.1 Å². The Bertz CT molecular complexity index is 999. The van der Waals surface area contributed by atoms with Crippen molar-refractivity contribution < 1.29 is 43.3 Å². The van der Waals surface area contributed by atoms with Gasteiger partial charge in [-0.05, 0) is 24.3 Å². The zero-order valence-electron chi connectivity index (χ0n) is 15.9. The third-order valence-electron chi connectivity index (χ3n) is 5.34. The fourth-order valence-electron chi connectivity index (χ4n) is 4.25. The Morgan fingerprint density at radius 1 is 1.13 bits per heavy atom. The number of nitrogens with zero attached hydrogens (tertiary/aromatic N) is 1. The minimum absolute atomic E-state index is 0.0880. The summed E-state index contributed by atoms with van der Waals surface area (Å²) in [4.78, 5) is 61.7. The molecular weight excluding hydrogens is 398 g/mol. The molecule has 2 saturated heterocycles. The minimum Gasteiger partial charge on any atom is -0.478 e. The van der Waals surface area contributed by atoms with E-state index in [0.717, 1.165) is 18.7 Å². The predicted molar refractivity (Wildman–Crippen MR) is 96.9 cm³/mol. The van der Waals surface area contributed by atoms with Crippen LogP contribution in [0.5, 0.6) is 0 Å². The highest BCUT2D eigenvalue weighted by Gasteiger charge is 2.72. The molecule has 0 aliphatic carbocycles. The fourth-order valence-corrected chi connectivity index (χ4v) is 4.25. The van der Waals surface area contributed by atoms with E-state index in [4.69, 9.17) is 14.2 Å². The molecule has 1 aromatic carbocycles. The summed E-state index contributed by atoms with van der Waals surface area (Å²) in [5.74, 6) is -6.01. The number of esters is 2. The van der Waals surface area contributed by atoms with Gasteiger partial charge >= 0.3 is 17.9 Å². The van der Waals surface area contributed by atoms with Crippen LogP contribution in [0.15, 0.2) is 36.4 Å². The number of carbonyl (C=O) groups excluding carboxylic acids is 4. The van der Waals surface area contributed by atoms with Crippen molar-refractivity contribution >= 4 is 35.4 Å². The summed E-state index contributed by atoms with van der Waals surface area (Å²) in [6, 6.07) is 5.43. The SMILES string of the molecule is CC(=O)OC(OC(C)=O)[C@@]12C=C[C@H](O1)[C@@H]1C(=O)N(c3cccc(C(=O)O)c3)C(=O)[C@@H]12. The lowest BCUT2D eigenvalue weighted by Crippen LogP contribution is -2.52. The molecule has 3 heterocycles. The van der Waals surface area contributed by atoms with Crippen LogP contribution in [0.4, 0.5) is 5.69 Å². The molecule has 0 saturated carbocycles. The van der Waals surface area contributed by atoms with Gasteiger partial charge in [0.05, 0.1) is 29.2 Å². The van der Waals surface area contributed by atoms with Crippen molar-refractivity contribution in [1.82, 2.24) is 0 Å². The zero-order chi connectivity index (χ0) is 21.8. The van der Waals surface area contributed by atoms with Gasteiger partial charge in [-0.2, -0.15) is 0 Å². The maximum absolute atomic E-state index is 13.3. The third-order valence-corrected chi connectivity index (χ3v) is 5.34. The van der Waals surface area contributed by atoms with E-state index in [0.29, 0.717) is 0 Å². The summed E-state index contributed by atoms with van der Waals surface area (Å²) >= 11 is 0. The number of carboxylic acids is 1. The number of carbonyl (C=O) groups is 5. The summed E-state index contributed by atoms with van der Waals surface area (Å²) in [5.41, 5.74) is -1.64. The van der Waals surface area contributed by atoms with Crippen LogP contribution >= 0.6 is 0 Å². The Balaban J connectivity index is 1.75. The Labute approximate surface area is 170 Å². The van der Waals surface area contributed by atoms with Gasteiger partial charge < -0.3 is 19.3 Å². The Kier molecular flexibility index (Phi) is 4.46. The van der Waals surface area contributed by atoms with E-state index >= 15 is 0 Å². The molecule has 0 radical (unpaired) electrons. The van der Waals surface area contributed by atoms with Crippen molar-refractivity contribution in [3.05, 3.63) is 42.0 Å². The Morgan fingerprint density at radius 3 is 2.40 bits per heavy atom. The van der Waals surface area contributed by atoms with Crippen LogP contribution in [0.1, 0.15) is 24.2 Å². The first-order valence-corrected chi connectivity index (χ1v) is 9.08. The highest BCUT2D eigenvalue weighted by Crippen LogP contribution is 2.54. The highest BCUT2D eigenvalue weighted by molar-refractivity contribution is 6.23. The maximum atomic E-state index is 13.3. The molecule has 30 heavy (non-hydrogen) atoms. The molecule has 2 amide bonds. The Hall–Kier alpha value is -3.53. The van der Waals surface area contributed by atoms with Crippen LogP contribution in [-0.4, -0.2) is 52.8 Å². The fraction of sp³-hybridized carbons (Fsp3) is 0.350. The standard InChI is InChI=1S/C20H17NO9/c1-9(22)28-19(29-10(2)23)20-7-6-13(30-20)14-15(20)17(25)21(16(14)24)12-5-3-4-11(8-12)18(26)27/h3-8,13-15,19H,1-2H3,(H,26,27)/t13-,14-,15+,20-/m0/s1. The molecule has 2 bridgehead atoms. The van der Waals surface area contributed by atoms with Crippen molar-refractivity contribution in [2.24, 2.45) is 11.8 Å². The molecule has 10 heteroatoms. The first kappa shape index (κ1) is 19.8. The summed E-state index contributed by atoms with van der Waals surface area (Å²) in [6.07, 6.45) is 0.680. The van der Waals surface area contributed by atoms with Crippen LogP contribution in [-0.2, 0) is 33.4 Å². The van der Waals surface area contributed by atoms with Crippen molar-refractivity contribution in [2.75, 3.05) is 4.90 Å². The van der Waals surface area contributed by atoms with Gasteiger partial charge in [0.15, 0.2) is 5.60 Å². The molecule has 1 aromatic rings. The molecule has 0 unspecified atom stereocenters. The summed E-state index contributed by atoms with van der Waals surface area (Å²) < 4.78 is 16.1. The summed E-state index contributed by atoms with van der Waals surface area (Å²) in [5, 5.41) is 9.21. The number of aromatic carboxylic acids is 1. The Morgan fingerprint density at radius 2 is 1.80 bits per heavy atom. The third kappa shape index (κ3) is 2.79. The molecular formula is C20H17NO9. The molecule has 156 valence electrons. The van der Waals surface area contributed by atoms with E-state index in [2.05, 4.69) is 0 Å². The van der Waals surface area contributed by atoms with Crippen LogP contribution in [0.25, 0.3) is 0 Å². The van der Waals surface area contributed by atoms with Crippen molar-refractivity contribution in [2.45, 2.75) is 31.8 Å². The first-order valence-electron chi connectivity index (χ1n) is 9.08. The number of fused-ring (bicyclic) bond motifs is 5. The van der Waals surface area contributed by atoms with Crippen molar-refractivity contribution in [3.63, 3.8) is 0 Å². The molecule has 10 nitrogen and oxygen atoms in total. The molecule has 2 fully saturated rings. The van der Waals surface area contributed by atoms with Crippen LogP contribution in [0, 0.1) is 11.8 Å². The molecule has 1 N–H and O–H groups in total. The summed E-state index contributed by atoms with van der Waals surface area (Å²) in [7, 11) is 0. The molecule has 4 rings (SSSR count). The molecule has 4 atom stereocenters. The highest BCUT2D eigenvalue weighted by atomic mass is 16.7. The molecule has 0 spiro atoms. The van der Waals surface area contributed by atoms with E-state index in [1.54, 1.807) is 6.08 Å². The molecule has 3 aliphatic heterocycles. The van der Waals surface area contributed by atoms with Crippen LogP contribution < -0.4 is 4.90 Å². The van der Waals surface area contributed by atoms with Gasteiger partial charge in [-0.3, -0.25) is 19.2 Å². The molecule has 0 aromatic heterocycles. The van der Waals surface area contributed by atoms with Gasteiger partial charge in [-0.25, -0.2) is 9.69 Å². The smallest absolute Gasteiger partial charge is 0.335 e. The second-order valence-corrected chi connectivity index (χ2v) is 7.22. The van der Waals surface area contributed by atoms with Gasteiger partial charge in [-0.15, -0.1) is 0 Å². The normalized spacial score (nSPS) is 28.8. The number of amides is 2. The lowest BCUT2D eigenvalue weighted by Gasteiger charge is -2.34. The molecule has 3 aliphatic rings. The van der Waals surface area contributed by atoms with Gasteiger partial charge in [0.25, 0.3) is 6.29 Å². The topological polar surface area (TPSA) is 137 Å². The average Bonchev–Trinajstić information content (AvgIpc) is 3.32. The van der Waals surface area contributed by atoms with E-state index in [1.807, 2.05) is 0 Å². The van der Waals surface area contributed by atoms with E-state index in [1.165, 1.54) is 30.3 Å². The maximum Gasteiger partial charge on any atom is 0.335 e. The number of ether oxygens (including phenoxy) is 3. The first-order chi connectivity index (χ1) is 14.2. The van der Waals surface area contributed by atoms with Crippen molar-refractivity contribution in [3.8, 4) is 0 Å². The van der Waals surface area contributed by atoms with Gasteiger partial charge in [0, 0.05) is 13.8 Å². The second-order valence-electron chi connectivity index (χ2n) is 7.22. The van der Waals surface area contributed by atoms with Gasteiger partial charge in [0.1, 0.15) is 0 Å². The monoisotopic (exact) mass is 415 g/mol. The van der Waals surface area contributed by atoms with Crippen LogP contribution in [0.3, 0.4) is 0 Å². The number of anilines is 1. The van der Waals surface area contributed by atoms with E-state index < -0.39 is 59.6 Å². The van der Waals surface area contributed by atoms with Crippen LogP contribution in [0.2, 0.25) is 0 Å². The summed E-state index contributed by atoms with van der Waals surface area (Å²) in [6.45, 7) is 2.22. The van der Waals surface area contributed by atoms with E-state index in [9.17, 15) is 29.1 Å². The number of hydrogen-bond donors (Lipinski definition) is 1. The number of benzene rings is 1. The quantitative estimate of drug-likeness (QED) is 0.318. The average molecular weight is 415 g/mol. The zero-order valence-corrected chi connectivity index (χ0v) is 15.9. The largest absolute Gasteiger partial charge is 0.478 e. The number of rotatable bonds is 5.